The van der Waals surface area contributed by atoms with E-state index in [1.165, 1.54) is 0 Å². The molecule has 0 bridgehead atoms. The van der Waals surface area contributed by atoms with Crippen molar-refractivity contribution in [3.63, 3.8) is 0 Å². The van der Waals surface area contributed by atoms with Crippen LogP contribution in [-0.2, 0) is 4.79 Å². The number of urea groups is 1. The molecule has 0 radical (unpaired) electrons. The summed E-state index contributed by atoms with van der Waals surface area (Å²) >= 11 is 0. The highest BCUT2D eigenvalue weighted by molar-refractivity contribution is 5.86. The molecule has 0 saturated heterocycles. The van der Waals surface area contributed by atoms with Crippen LogP contribution in [0.2, 0.25) is 0 Å². The van der Waals surface area contributed by atoms with Crippen LogP contribution >= 0.6 is 0 Å². The van der Waals surface area contributed by atoms with Crippen LogP contribution in [0.15, 0.2) is 0 Å². The van der Waals surface area contributed by atoms with Gasteiger partial charge in [-0.3, -0.25) is 0 Å². The molecule has 1 saturated carbocycles. The zero-order chi connectivity index (χ0) is 15.6. The molecule has 20 heavy (non-hydrogen) atoms. The number of nitrogens with zero attached hydrogens (tertiary/aromatic N) is 1. The standard InChI is InChI=1S/C12H19F3N2O3/c1-8-4-3-5-11(6-8,9(18)19)16-10(20)17(2)7-12(13,14)15/h8H,3-7H2,1-2H3,(H,16,20)(H,18,19). The minimum atomic E-state index is -4.51. The van der Waals surface area contributed by atoms with E-state index in [0.29, 0.717) is 11.3 Å². The Hall–Kier alpha value is -1.47. The number of aliphatic carboxylic acids is 1. The molecule has 5 nitrogen and oxygen atoms in total. The predicted molar refractivity (Wildman–Crippen MR) is 65.2 cm³/mol. The summed E-state index contributed by atoms with van der Waals surface area (Å²) in [5.41, 5.74) is -1.46. The van der Waals surface area contributed by atoms with Crippen LogP contribution in [0.4, 0.5) is 18.0 Å². The second-order valence-electron chi connectivity index (χ2n) is 5.49. The quantitative estimate of drug-likeness (QED) is 0.839. The van der Waals surface area contributed by atoms with E-state index in [0.717, 1.165) is 13.5 Å². The van der Waals surface area contributed by atoms with Crippen molar-refractivity contribution in [3.8, 4) is 0 Å². The van der Waals surface area contributed by atoms with Crippen molar-refractivity contribution in [2.45, 2.75) is 44.3 Å². The lowest BCUT2D eigenvalue weighted by atomic mass is 9.76. The summed E-state index contributed by atoms with van der Waals surface area (Å²) in [6, 6.07) is -1.01. The lowest BCUT2D eigenvalue weighted by Gasteiger charge is -2.38. The van der Waals surface area contributed by atoms with Crippen LogP contribution in [0, 0.1) is 5.92 Å². The zero-order valence-electron chi connectivity index (χ0n) is 11.5. The van der Waals surface area contributed by atoms with E-state index < -0.39 is 30.3 Å². The fourth-order valence-corrected chi connectivity index (χ4v) is 2.55. The van der Waals surface area contributed by atoms with Gasteiger partial charge in [0.05, 0.1) is 0 Å². The number of hydrogen-bond acceptors (Lipinski definition) is 2. The van der Waals surface area contributed by atoms with Crippen molar-refractivity contribution in [1.29, 1.82) is 0 Å². The maximum absolute atomic E-state index is 12.2. The second-order valence-corrected chi connectivity index (χ2v) is 5.49. The molecule has 0 heterocycles. The van der Waals surface area contributed by atoms with Gasteiger partial charge in [0.1, 0.15) is 12.1 Å². The first-order valence-electron chi connectivity index (χ1n) is 6.39. The molecule has 2 N–H and O–H groups in total. The number of carbonyl (C=O) groups excluding carboxylic acids is 1. The van der Waals surface area contributed by atoms with Gasteiger partial charge in [0, 0.05) is 7.05 Å². The van der Waals surface area contributed by atoms with Gasteiger partial charge in [0.25, 0.3) is 0 Å². The summed E-state index contributed by atoms with van der Waals surface area (Å²) < 4.78 is 36.7. The van der Waals surface area contributed by atoms with Gasteiger partial charge in [-0.1, -0.05) is 19.8 Å². The van der Waals surface area contributed by atoms with Gasteiger partial charge >= 0.3 is 18.2 Å². The Labute approximate surface area is 115 Å². The number of halogens is 3. The first-order valence-corrected chi connectivity index (χ1v) is 6.39. The van der Waals surface area contributed by atoms with Gasteiger partial charge in [-0.15, -0.1) is 0 Å². The zero-order valence-corrected chi connectivity index (χ0v) is 11.5. The molecule has 0 aromatic rings. The fourth-order valence-electron chi connectivity index (χ4n) is 2.55. The average Bonchev–Trinajstić information content (AvgIpc) is 2.26. The smallest absolute Gasteiger partial charge is 0.406 e. The molecule has 8 heteroatoms. The second kappa shape index (κ2) is 5.88. The van der Waals surface area contributed by atoms with Gasteiger partial charge < -0.3 is 15.3 Å². The Morgan fingerprint density at radius 3 is 2.50 bits per heavy atom. The summed E-state index contributed by atoms with van der Waals surface area (Å²) in [7, 11) is 0.991. The maximum Gasteiger partial charge on any atom is 0.406 e. The molecule has 1 aliphatic carbocycles. The molecule has 116 valence electrons. The summed E-state index contributed by atoms with van der Waals surface area (Å²) in [5, 5.41) is 11.6. The Morgan fingerprint density at radius 2 is 2.05 bits per heavy atom. The Morgan fingerprint density at radius 1 is 1.45 bits per heavy atom. The molecule has 0 aromatic carbocycles. The third-order valence-corrected chi connectivity index (χ3v) is 3.52. The highest BCUT2D eigenvalue weighted by Gasteiger charge is 2.44. The normalized spacial score (nSPS) is 26.9. The number of rotatable bonds is 3. The Kier molecular flexibility index (Phi) is 4.88. The van der Waals surface area contributed by atoms with Crippen LogP contribution in [0.25, 0.3) is 0 Å². The highest BCUT2D eigenvalue weighted by atomic mass is 19.4. The van der Waals surface area contributed by atoms with Crippen molar-refractivity contribution in [3.05, 3.63) is 0 Å². The number of nitrogens with one attached hydrogen (secondary N) is 1. The molecule has 1 fully saturated rings. The fraction of sp³-hybridized carbons (Fsp3) is 0.833. The van der Waals surface area contributed by atoms with Gasteiger partial charge in [0.15, 0.2) is 0 Å². The molecule has 1 aliphatic rings. The third kappa shape index (κ3) is 4.28. The number of hydrogen-bond donors (Lipinski definition) is 2. The van der Waals surface area contributed by atoms with Crippen molar-refractivity contribution >= 4 is 12.0 Å². The van der Waals surface area contributed by atoms with E-state index in [1.54, 1.807) is 0 Å². The molecular formula is C12H19F3N2O3. The Bertz CT molecular complexity index is 387. The van der Waals surface area contributed by atoms with E-state index in [4.69, 9.17) is 0 Å². The first-order chi connectivity index (χ1) is 9.06. The molecule has 0 aliphatic heterocycles. The van der Waals surface area contributed by atoms with Gasteiger partial charge in [-0.25, -0.2) is 9.59 Å². The number of carboxylic acid groups (broad SMARTS) is 1. The van der Waals surface area contributed by atoms with Gasteiger partial charge in [0.2, 0.25) is 0 Å². The summed E-state index contributed by atoms with van der Waals surface area (Å²) in [6.45, 7) is 0.451. The Balaban J connectivity index is 2.76. The monoisotopic (exact) mass is 296 g/mol. The SMILES string of the molecule is CC1CCCC(NC(=O)N(C)CC(F)(F)F)(C(=O)O)C1. The molecule has 2 unspecified atom stereocenters. The minimum absolute atomic E-state index is 0.105. The maximum atomic E-state index is 12.2. The van der Waals surface area contributed by atoms with Gasteiger partial charge in [-0.05, 0) is 18.8 Å². The third-order valence-electron chi connectivity index (χ3n) is 3.52. The molecule has 0 aromatic heterocycles. The molecular weight excluding hydrogens is 277 g/mol. The lowest BCUT2D eigenvalue weighted by molar-refractivity contribution is -0.147. The van der Waals surface area contributed by atoms with E-state index in [9.17, 15) is 27.9 Å². The van der Waals surface area contributed by atoms with Crippen molar-refractivity contribution in [2.75, 3.05) is 13.6 Å². The number of alkyl halides is 3. The summed E-state index contributed by atoms with van der Waals surface area (Å²) in [6.07, 6.45) is -2.57. The molecule has 2 amide bonds. The number of amides is 2. The molecule has 0 spiro atoms. The van der Waals surface area contributed by atoms with Crippen molar-refractivity contribution in [2.24, 2.45) is 5.92 Å². The van der Waals surface area contributed by atoms with Crippen LogP contribution in [-0.4, -0.2) is 47.3 Å². The van der Waals surface area contributed by atoms with Crippen molar-refractivity contribution in [1.82, 2.24) is 10.2 Å². The van der Waals surface area contributed by atoms with Crippen molar-refractivity contribution < 1.29 is 27.9 Å². The van der Waals surface area contributed by atoms with Crippen LogP contribution in [0.3, 0.4) is 0 Å². The van der Waals surface area contributed by atoms with E-state index in [1.807, 2.05) is 6.92 Å². The lowest BCUT2D eigenvalue weighted by Crippen LogP contribution is -2.59. The topological polar surface area (TPSA) is 69.6 Å². The largest absolute Gasteiger partial charge is 0.480 e. The van der Waals surface area contributed by atoms with Crippen LogP contribution in [0.5, 0.6) is 0 Å². The number of carboxylic acids is 1. The highest BCUT2D eigenvalue weighted by Crippen LogP contribution is 2.32. The van der Waals surface area contributed by atoms with Crippen LogP contribution in [0.1, 0.15) is 32.6 Å². The summed E-state index contributed by atoms with van der Waals surface area (Å²) in [4.78, 5) is 23.6. The first kappa shape index (κ1) is 16.6. The van der Waals surface area contributed by atoms with E-state index in [-0.39, 0.29) is 18.8 Å². The van der Waals surface area contributed by atoms with Crippen LogP contribution < -0.4 is 5.32 Å². The predicted octanol–water partition coefficient (Wildman–Crippen LogP) is 2.22. The van der Waals surface area contributed by atoms with Gasteiger partial charge in [-0.2, -0.15) is 13.2 Å². The minimum Gasteiger partial charge on any atom is -0.480 e. The summed E-state index contributed by atoms with van der Waals surface area (Å²) in [5.74, 6) is -1.09. The molecule has 1 rings (SSSR count). The molecule has 2 atom stereocenters. The van der Waals surface area contributed by atoms with E-state index >= 15 is 0 Å². The average molecular weight is 296 g/mol. The van der Waals surface area contributed by atoms with E-state index in [2.05, 4.69) is 5.32 Å². The number of carbonyl (C=O) groups is 2.